The van der Waals surface area contributed by atoms with Gasteiger partial charge in [-0.2, -0.15) is 4.99 Å². The van der Waals surface area contributed by atoms with Crippen LogP contribution < -0.4 is 4.74 Å². The number of carbonyl (C=O) groups is 3. The predicted octanol–water partition coefficient (Wildman–Crippen LogP) is 3.10. The summed E-state index contributed by atoms with van der Waals surface area (Å²) in [7, 11) is 0. The van der Waals surface area contributed by atoms with Crippen LogP contribution in [0.5, 0.6) is 5.75 Å². The normalized spacial score (nSPS) is 25.9. The molecule has 7 nitrogen and oxygen atoms in total. The summed E-state index contributed by atoms with van der Waals surface area (Å²) >= 11 is 0. The molecule has 1 spiro atoms. The van der Waals surface area contributed by atoms with Crippen molar-refractivity contribution in [2.75, 3.05) is 13.1 Å². The number of benzene rings is 1. The zero-order valence-electron chi connectivity index (χ0n) is 18.7. The quantitative estimate of drug-likeness (QED) is 0.680. The van der Waals surface area contributed by atoms with Gasteiger partial charge in [-0.1, -0.05) is 12.1 Å². The van der Waals surface area contributed by atoms with Crippen molar-refractivity contribution in [3.63, 3.8) is 0 Å². The molecule has 1 aromatic rings. The Bertz CT molecular complexity index is 1120. The van der Waals surface area contributed by atoms with Crippen LogP contribution in [0.1, 0.15) is 54.1 Å². The van der Waals surface area contributed by atoms with Crippen molar-refractivity contribution in [2.24, 2.45) is 4.99 Å². The maximum atomic E-state index is 13.6. The third kappa shape index (κ3) is 3.10. The minimum atomic E-state index is -1.01. The van der Waals surface area contributed by atoms with E-state index in [2.05, 4.69) is 4.99 Å². The highest BCUT2D eigenvalue weighted by atomic mass is 16.5. The van der Waals surface area contributed by atoms with Gasteiger partial charge in [-0.3, -0.25) is 14.4 Å². The second kappa shape index (κ2) is 7.15. The number of nitrogens with zero attached hydrogens (tertiary/aromatic N) is 3. The van der Waals surface area contributed by atoms with E-state index in [9.17, 15) is 14.4 Å². The van der Waals surface area contributed by atoms with Crippen LogP contribution in [0.4, 0.5) is 0 Å². The Hall–Kier alpha value is -3.22. The molecule has 0 radical (unpaired) electrons. The first kappa shape index (κ1) is 20.7. The number of allylic oxidation sites excluding steroid dienone is 2. The minimum Gasteiger partial charge on any atom is -0.486 e. The molecule has 1 saturated heterocycles. The molecule has 1 unspecified atom stereocenters. The Morgan fingerprint density at radius 2 is 1.84 bits per heavy atom. The van der Waals surface area contributed by atoms with Crippen molar-refractivity contribution in [2.45, 2.75) is 57.6 Å². The number of carbonyl (C=O) groups excluding carboxylic acids is 3. The number of Topliss-reactive ketones (excluding diaryl/α,β-unsaturated/α-hetero) is 1. The second-order valence-electron chi connectivity index (χ2n) is 9.45. The lowest BCUT2D eigenvalue weighted by molar-refractivity contribution is -0.147. The molecule has 0 bridgehead atoms. The summed E-state index contributed by atoms with van der Waals surface area (Å²) in [5.74, 6) is 0.908. The number of hydrogen-bond donors (Lipinski definition) is 0. The number of likely N-dealkylation sites (tertiary alicyclic amines) is 1. The average Bonchev–Trinajstić information content (AvgIpc) is 2.76. The zero-order chi connectivity index (χ0) is 22.7. The molecule has 5 rings (SSSR count). The van der Waals surface area contributed by atoms with Gasteiger partial charge in [0.05, 0.1) is 18.4 Å². The van der Waals surface area contributed by atoms with Crippen LogP contribution in [-0.4, -0.2) is 57.5 Å². The van der Waals surface area contributed by atoms with Crippen molar-refractivity contribution < 1.29 is 19.1 Å². The molecule has 0 N–H and O–H groups in total. The summed E-state index contributed by atoms with van der Waals surface area (Å²) in [5, 5.41) is 0. The third-order valence-corrected chi connectivity index (χ3v) is 7.31. The number of hydrogen-bond acceptors (Lipinski definition) is 5. The molecule has 4 aliphatic rings. The monoisotopic (exact) mass is 433 g/mol. The van der Waals surface area contributed by atoms with Crippen molar-refractivity contribution >= 4 is 23.4 Å². The fraction of sp³-hybridized carbons (Fsp3) is 0.440. The summed E-state index contributed by atoms with van der Waals surface area (Å²) < 4.78 is 6.48. The molecule has 7 heteroatoms. The number of fused-ring (bicyclic) bond motifs is 2. The van der Waals surface area contributed by atoms with Crippen molar-refractivity contribution in [3.05, 3.63) is 53.3 Å². The standard InChI is InChI=1S/C25H27N3O4/c1-16-7-8-18-19(29)14-25(32-22(18)17(16)2)9-12-27(13-10-25)23(31)24(3)15-21(30)26-20-6-4-5-11-28(20)24/h4-8,11H,9-10,12-15H2,1-3H3. The highest BCUT2D eigenvalue weighted by Gasteiger charge is 2.50. The van der Waals surface area contributed by atoms with Gasteiger partial charge in [0, 0.05) is 32.1 Å². The molecule has 0 saturated carbocycles. The lowest BCUT2D eigenvalue weighted by Gasteiger charge is -2.48. The number of piperidine rings is 1. The summed E-state index contributed by atoms with van der Waals surface area (Å²) in [4.78, 5) is 46.5. The Kier molecular flexibility index (Phi) is 4.62. The molecule has 4 heterocycles. The minimum absolute atomic E-state index is 0.0377. The number of ether oxygens (including phenoxy) is 1. The first-order valence-corrected chi connectivity index (χ1v) is 11.1. The number of rotatable bonds is 1. The SMILES string of the molecule is Cc1ccc2c(c1C)OC1(CCN(C(=O)C3(C)CC(=O)N=C4C=CC=CN43)CC1)CC2=O. The number of aryl methyl sites for hydroxylation is 1. The molecule has 2 amide bonds. The molecule has 1 atom stereocenters. The lowest BCUT2D eigenvalue weighted by atomic mass is 9.80. The molecule has 32 heavy (non-hydrogen) atoms. The van der Waals surface area contributed by atoms with E-state index in [1.54, 1.807) is 29.0 Å². The van der Waals surface area contributed by atoms with Gasteiger partial charge in [-0.15, -0.1) is 0 Å². The molecule has 4 aliphatic heterocycles. The molecule has 1 fully saturated rings. The summed E-state index contributed by atoms with van der Waals surface area (Å²) in [6, 6.07) is 3.81. The fourth-order valence-corrected chi connectivity index (χ4v) is 5.19. The Morgan fingerprint density at radius 3 is 2.59 bits per heavy atom. The van der Waals surface area contributed by atoms with Gasteiger partial charge in [0.25, 0.3) is 5.91 Å². The molecule has 166 valence electrons. The van der Waals surface area contributed by atoms with Crippen LogP contribution in [-0.2, 0) is 9.59 Å². The number of aliphatic imine (C=N–C) groups is 1. The number of ketones is 1. The summed E-state index contributed by atoms with van der Waals surface area (Å²) in [6.45, 7) is 6.77. The van der Waals surface area contributed by atoms with Gasteiger partial charge in [0.1, 0.15) is 22.7 Å². The van der Waals surface area contributed by atoms with Crippen molar-refractivity contribution in [3.8, 4) is 5.75 Å². The van der Waals surface area contributed by atoms with Crippen LogP contribution in [0.15, 0.2) is 41.6 Å². The maximum absolute atomic E-state index is 13.6. The molecule has 0 aliphatic carbocycles. The predicted molar refractivity (Wildman–Crippen MR) is 120 cm³/mol. The Labute approximate surface area is 187 Å². The third-order valence-electron chi connectivity index (χ3n) is 7.31. The topological polar surface area (TPSA) is 79.3 Å². The highest BCUT2D eigenvalue weighted by molar-refractivity contribution is 6.09. The first-order valence-electron chi connectivity index (χ1n) is 11.1. The second-order valence-corrected chi connectivity index (χ2v) is 9.45. The van der Waals surface area contributed by atoms with Crippen LogP contribution in [0.2, 0.25) is 0 Å². The van der Waals surface area contributed by atoms with Gasteiger partial charge in [-0.25, -0.2) is 0 Å². The Morgan fingerprint density at radius 1 is 1.09 bits per heavy atom. The fourth-order valence-electron chi connectivity index (χ4n) is 5.19. The van der Waals surface area contributed by atoms with E-state index in [1.165, 1.54) is 0 Å². The average molecular weight is 434 g/mol. The van der Waals surface area contributed by atoms with Crippen LogP contribution in [0.25, 0.3) is 0 Å². The van der Waals surface area contributed by atoms with Gasteiger partial charge >= 0.3 is 0 Å². The molecular weight excluding hydrogens is 406 g/mol. The van der Waals surface area contributed by atoms with Gasteiger partial charge < -0.3 is 14.5 Å². The zero-order valence-corrected chi connectivity index (χ0v) is 18.7. The first-order chi connectivity index (χ1) is 15.2. The van der Waals surface area contributed by atoms with Crippen molar-refractivity contribution in [1.82, 2.24) is 9.80 Å². The van der Waals surface area contributed by atoms with E-state index in [-0.39, 0.29) is 24.0 Å². The number of amides is 2. The summed E-state index contributed by atoms with van der Waals surface area (Å²) in [6.07, 6.45) is 8.73. The van der Waals surface area contributed by atoms with Crippen LogP contribution >= 0.6 is 0 Å². The highest BCUT2D eigenvalue weighted by Crippen LogP contribution is 2.42. The van der Waals surface area contributed by atoms with E-state index in [0.29, 0.717) is 49.5 Å². The lowest BCUT2D eigenvalue weighted by Crippen LogP contribution is -2.63. The van der Waals surface area contributed by atoms with E-state index in [0.717, 1.165) is 11.1 Å². The van der Waals surface area contributed by atoms with Crippen molar-refractivity contribution in [1.29, 1.82) is 0 Å². The van der Waals surface area contributed by atoms with Gasteiger partial charge in [0.15, 0.2) is 5.78 Å². The number of amidine groups is 1. The van der Waals surface area contributed by atoms with E-state index in [4.69, 9.17) is 4.74 Å². The van der Waals surface area contributed by atoms with E-state index in [1.807, 2.05) is 38.1 Å². The van der Waals surface area contributed by atoms with Gasteiger partial charge in [0.2, 0.25) is 5.91 Å². The summed E-state index contributed by atoms with van der Waals surface area (Å²) in [5.41, 5.74) is 1.16. The van der Waals surface area contributed by atoms with Gasteiger partial charge in [-0.05, 0) is 50.1 Å². The maximum Gasteiger partial charge on any atom is 0.250 e. The molecular formula is C25H27N3O4. The molecule has 1 aromatic carbocycles. The molecule has 0 aromatic heterocycles. The van der Waals surface area contributed by atoms with E-state index >= 15 is 0 Å². The van der Waals surface area contributed by atoms with Crippen LogP contribution in [0, 0.1) is 13.8 Å². The van der Waals surface area contributed by atoms with E-state index < -0.39 is 11.1 Å². The smallest absolute Gasteiger partial charge is 0.250 e. The largest absolute Gasteiger partial charge is 0.486 e. The van der Waals surface area contributed by atoms with Crippen LogP contribution in [0.3, 0.4) is 0 Å². The Balaban J connectivity index is 1.35.